The van der Waals surface area contributed by atoms with E-state index in [2.05, 4.69) is 29.8 Å². The van der Waals surface area contributed by atoms with Gasteiger partial charge in [-0.25, -0.2) is 14.5 Å². The number of benzene rings is 1. The summed E-state index contributed by atoms with van der Waals surface area (Å²) in [6, 6.07) is 11.9. The van der Waals surface area contributed by atoms with Gasteiger partial charge in [0.2, 0.25) is 0 Å². The number of pyridine rings is 1. The minimum atomic E-state index is -1.53. The monoisotopic (exact) mass is 490 g/mol. The lowest BCUT2D eigenvalue weighted by Crippen LogP contribution is -2.55. The lowest BCUT2D eigenvalue weighted by molar-refractivity contribution is -0.271. The molecule has 1 unspecified atom stereocenters. The number of carbonyl (C=O) groups excluding carboxylic acids is 2. The number of likely N-dealkylation sites (tertiary alicyclic amines) is 1. The summed E-state index contributed by atoms with van der Waals surface area (Å²) >= 11 is 0. The van der Waals surface area contributed by atoms with Crippen LogP contribution in [0.4, 0.5) is 0 Å². The predicted octanol–water partition coefficient (Wildman–Crippen LogP) is 4.57. The van der Waals surface area contributed by atoms with Crippen LogP contribution < -0.4 is 5.56 Å². The van der Waals surface area contributed by atoms with Gasteiger partial charge in [0.1, 0.15) is 0 Å². The first-order valence-electron chi connectivity index (χ1n) is 13.1. The molecule has 1 spiro atoms. The second-order valence-electron chi connectivity index (χ2n) is 10.4. The molecule has 3 heterocycles. The van der Waals surface area contributed by atoms with Gasteiger partial charge in [0.05, 0.1) is 0 Å². The van der Waals surface area contributed by atoms with Crippen molar-refractivity contribution in [1.82, 2.24) is 9.88 Å². The van der Waals surface area contributed by atoms with Crippen LogP contribution in [0.5, 0.6) is 0 Å². The third kappa shape index (κ3) is 5.03. The van der Waals surface area contributed by atoms with Crippen LogP contribution in [0.15, 0.2) is 54.0 Å². The molecule has 190 valence electrons. The Hall–Kier alpha value is -3.19. The number of nitrogens with one attached hydrogen (secondary N) is 1. The molecule has 1 N–H and O–H groups in total. The topological polar surface area (TPSA) is 88.7 Å². The van der Waals surface area contributed by atoms with Gasteiger partial charge >= 0.3 is 17.8 Å². The fourth-order valence-corrected chi connectivity index (χ4v) is 6.02. The maximum absolute atomic E-state index is 12.3. The first kappa shape index (κ1) is 24.5. The molecule has 0 bridgehead atoms. The van der Waals surface area contributed by atoms with Crippen molar-refractivity contribution in [3.05, 3.63) is 76.2 Å². The molecule has 7 nitrogen and oxygen atoms in total. The van der Waals surface area contributed by atoms with Crippen molar-refractivity contribution < 1.29 is 19.1 Å². The second-order valence-corrected chi connectivity index (χ2v) is 10.4. The van der Waals surface area contributed by atoms with Crippen molar-refractivity contribution in [2.45, 2.75) is 70.2 Å². The molecule has 5 rings (SSSR count). The van der Waals surface area contributed by atoms with Crippen molar-refractivity contribution in [2.75, 3.05) is 6.54 Å². The predicted molar refractivity (Wildman–Crippen MR) is 135 cm³/mol. The summed E-state index contributed by atoms with van der Waals surface area (Å²) in [5.74, 6) is -2.77. The van der Waals surface area contributed by atoms with Crippen LogP contribution in [0.2, 0.25) is 0 Å². The maximum Gasteiger partial charge on any atom is 0.421 e. The fraction of sp³-hybridized carbons (Fsp3) is 0.483. The van der Waals surface area contributed by atoms with Crippen molar-refractivity contribution in [3.63, 3.8) is 0 Å². The molecule has 1 saturated carbocycles. The summed E-state index contributed by atoms with van der Waals surface area (Å²) in [7, 11) is 0. The average molecular weight is 491 g/mol. The van der Waals surface area contributed by atoms with Gasteiger partial charge in [0.25, 0.3) is 5.56 Å². The molecule has 1 aromatic carbocycles. The van der Waals surface area contributed by atoms with E-state index in [0.29, 0.717) is 12.1 Å². The van der Waals surface area contributed by atoms with Gasteiger partial charge < -0.3 is 14.5 Å². The molecule has 36 heavy (non-hydrogen) atoms. The Kier molecular flexibility index (Phi) is 7.10. The van der Waals surface area contributed by atoms with E-state index in [0.717, 1.165) is 29.9 Å². The number of rotatable bonds is 7. The van der Waals surface area contributed by atoms with E-state index >= 15 is 0 Å². The number of hydrogen-bond donors (Lipinski definition) is 1. The number of allylic oxidation sites excluding steroid dienone is 1. The summed E-state index contributed by atoms with van der Waals surface area (Å²) in [6.45, 7) is 5.16. The van der Waals surface area contributed by atoms with Crippen LogP contribution in [0.3, 0.4) is 0 Å². The summed E-state index contributed by atoms with van der Waals surface area (Å²) in [5.41, 5.74) is 3.70. The number of aromatic nitrogens is 1. The molecule has 3 fully saturated rings. The molecular weight excluding hydrogens is 456 g/mol. The van der Waals surface area contributed by atoms with Crippen LogP contribution in [-0.2, 0) is 32.0 Å². The normalized spacial score (nSPS) is 22.4. The Labute approximate surface area is 211 Å². The number of ether oxygens (including phenoxy) is 2. The van der Waals surface area contributed by atoms with Crippen LogP contribution >= 0.6 is 0 Å². The van der Waals surface area contributed by atoms with Crippen LogP contribution in [-0.4, -0.2) is 34.3 Å². The molecule has 1 aromatic heterocycles. The zero-order chi connectivity index (χ0) is 25.1. The summed E-state index contributed by atoms with van der Waals surface area (Å²) < 4.78 is 11.1. The Bertz CT molecular complexity index is 1180. The highest BCUT2D eigenvalue weighted by molar-refractivity contribution is 6.31. The van der Waals surface area contributed by atoms with Crippen molar-refractivity contribution in [2.24, 2.45) is 11.8 Å². The zero-order valence-corrected chi connectivity index (χ0v) is 20.7. The highest BCUT2D eigenvalue weighted by atomic mass is 16.8. The molecule has 1 atom stereocenters. The summed E-state index contributed by atoms with van der Waals surface area (Å²) in [5, 5.41) is 0. The lowest BCUT2D eigenvalue weighted by Gasteiger charge is -2.44. The number of carbonyl (C=O) groups is 2. The maximum atomic E-state index is 12.3. The van der Waals surface area contributed by atoms with Gasteiger partial charge in [-0.15, -0.1) is 0 Å². The Morgan fingerprint density at radius 3 is 2.44 bits per heavy atom. The third-order valence-electron chi connectivity index (χ3n) is 8.07. The standard InChI is InChI=1S/C29H34N2O5/c1-20(25-12-6-5-10-22(25)14-13-21-8-3-2-4-9-21)23-15-17-31(19-24-11-7-16-30-26(24)32)29(18-23)35-27(33)28(34)36-29/h5-7,10-12,16,21,23H,1-4,8-9,13-15,17-19H2,(H,30,32). The molecule has 3 aliphatic rings. The number of H-pyrrole nitrogens is 1. The zero-order valence-electron chi connectivity index (χ0n) is 20.7. The smallest absolute Gasteiger partial charge is 0.400 e. The Balaban J connectivity index is 1.35. The summed E-state index contributed by atoms with van der Waals surface area (Å²) in [4.78, 5) is 41.0. The van der Waals surface area contributed by atoms with Crippen LogP contribution in [0.25, 0.3) is 5.57 Å². The second kappa shape index (κ2) is 10.4. The van der Waals surface area contributed by atoms with Crippen LogP contribution in [0.1, 0.15) is 68.1 Å². The average Bonchev–Trinajstić information content (AvgIpc) is 3.18. The van der Waals surface area contributed by atoms with Gasteiger partial charge in [-0.2, -0.15) is 0 Å². The minimum absolute atomic E-state index is 0.0372. The molecule has 7 heteroatoms. The third-order valence-corrected chi connectivity index (χ3v) is 8.07. The molecule has 0 amide bonds. The van der Waals surface area contributed by atoms with E-state index in [-0.39, 0.29) is 24.4 Å². The molecule has 2 aliphatic heterocycles. The van der Waals surface area contributed by atoms with E-state index in [1.807, 2.05) is 6.07 Å². The number of aryl methyl sites for hydroxylation is 1. The van der Waals surface area contributed by atoms with E-state index in [4.69, 9.17) is 9.47 Å². The van der Waals surface area contributed by atoms with Gasteiger partial charge in [0, 0.05) is 31.3 Å². The lowest BCUT2D eigenvalue weighted by atomic mass is 9.80. The molecule has 1 aliphatic carbocycles. The number of aromatic amines is 1. The van der Waals surface area contributed by atoms with E-state index < -0.39 is 17.8 Å². The van der Waals surface area contributed by atoms with E-state index in [1.165, 1.54) is 44.1 Å². The highest BCUT2D eigenvalue weighted by Gasteiger charge is 2.56. The largest absolute Gasteiger partial charge is 0.421 e. The molecule has 2 aromatic rings. The highest BCUT2D eigenvalue weighted by Crippen LogP contribution is 2.43. The van der Waals surface area contributed by atoms with Gasteiger partial charge in [-0.05, 0) is 53.9 Å². The number of esters is 2. The van der Waals surface area contributed by atoms with Crippen molar-refractivity contribution in [3.8, 4) is 0 Å². The van der Waals surface area contributed by atoms with Crippen molar-refractivity contribution in [1.29, 1.82) is 0 Å². The van der Waals surface area contributed by atoms with E-state index in [9.17, 15) is 14.4 Å². The first-order valence-corrected chi connectivity index (χ1v) is 13.1. The van der Waals surface area contributed by atoms with Gasteiger partial charge in [0.15, 0.2) is 0 Å². The molecule has 2 saturated heterocycles. The Morgan fingerprint density at radius 2 is 1.69 bits per heavy atom. The van der Waals surface area contributed by atoms with Crippen molar-refractivity contribution >= 4 is 17.5 Å². The minimum Gasteiger partial charge on any atom is -0.400 e. The number of piperidine rings is 1. The first-order chi connectivity index (χ1) is 17.4. The number of hydrogen-bond acceptors (Lipinski definition) is 6. The molecular formula is C29H34N2O5. The molecule has 0 radical (unpaired) electrons. The van der Waals surface area contributed by atoms with Gasteiger partial charge in [-0.3, -0.25) is 4.79 Å². The fourth-order valence-electron chi connectivity index (χ4n) is 6.02. The number of nitrogens with zero attached hydrogens (tertiary/aromatic N) is 1. The Morgan fingerprint density at radius 1 is 0.972 bits per heavy atom. The van der Waals surface area contributed by atoms with Crippen LogP contribution in [0, 0.1) is 11.8 Å². The van der Waals surface area contributed by atoms with Gasteiger partial charge in [-0.1, -0.05) is 69.0 Å². The SMILES string of the molecule is C=C(c1ccccc1CCC1CCCCC1)C1CCN(Cc2ccc[nH]c2=O)C2(C1)OC(=O)C(=O)O2. The quantitative estimate of drug-likeness (QED) is 0.452. The summed E-state index contributed by atoms with van der Waals surface area (Å²) in [6.07, 6.45) is 11.5. The van der Waals surface area contributed by atoms with E-state index in [1.54, 1.807) is 23.2 Å².